The molecule has 0 atom stereocenters. The number of carbonyl (C=O) groups excluding carboxylic acids is 1. The molecule has 0 saturated carbocycles. The van der Waals surface area contributed by atoms with Crippen LogP contribution in [0.4, 0.5) is 11.6 Å². The number of piperazine rings is 1. The summed E-state index contributed by atoms with van der Waals surface area (Å²) in [4.78, 5) is 30.1. The average Bonchev–Trinajstić information content (AvgIpc) is 3.53. The van der Waals surface area contributed by atoms with Crippen molar-refractivity contribution >= 4 is 28.9 Å². The van der Waals surface area contributed by atoms with Crippen molar-refractivity contribution in [1.82, 2.24) is 14.9 Å². The molecule has 1 amide bonds. The van der Waals surface area contributed by atoms with E-state index in [0.717, 1.165) is 54.8 Å². The van der Waals surface area contributed by atoms with Gasteiger partial charge >= 0.3 is 0 Å². The van der Waals surface area contributed by atoms with Gasteiger partial charge in [0.1, 0.15) is 17.5 Å². The number of hydrogen-bond donors (Lipinski definition) is 0. The predicted molar refractivity (Wildman–Crippen MR) is 126 cm³/mol. The highest BCUT2D eigenvalue weighted by Crippen LogP contribution is 2.26. The van der Waals surface area contributed by atoms with Gasteiger partial charge in [-0.15, -0.1) is 11.3 Å². The van der Waals surface area contributed by atoms with Crippen LogP contribution < -0.4 is 9.80 Å². The van der Waals surface area contributed by atoms with Crippen LogP contribution in [0.5, 0.6) is 0 Å². The first kappa shape index (κ1) is 20.0. The van der Waals surface area contributed by atoms with Crippen molar-refractivity contribution < 1.29 is 4.79 Å². The smallest absolute Gasteiger partial charge is 0.253 e. The number of benzene rings is 1. The van der Waals surface area contributed by atoms with Gasteiger partial charge < -0.3 is 14.7 Å². The fourth-order valence-corrected chi connectivity index (χ4v) is 5.08. The third-order valence-electron chi connectivity index (χ3n) is 6.07. The van der Waals surface area contributed by atoms with Gasteiger partial charge in [-0.2, -0.15) is 0 Å². The van der Waals surface area contributed by atoms with Crippen LogP contribution >= 0.6 is 11.3 Å². The van der Waals surface area contributed by atoms with Crippen LogP contribution in [0.25, 0.3) is 10.4 Å². The van der Waals surface area contributed by atoms with E-state index in [1.165, 1.54) is 17.7 Å². The highest BCUT2D eigenvalue weighted by Gasteiger charge is 2.24. The number of thiophene rings is 1. The number of aromatic nitrogens is 2. The zero-order chi connectivity index (χ0) is 21.2. The molecule has 7 heteroatoms. The third kappa shape index (κ3) is 4.28. The van der Waals surface area contributed by atoms with E-state index >= 15 is 0 Å². The van der Waals surface area contributed by atoms with Crippen molar-refractivity contribution in [3.63, 3.8) is 0 Å². The Hall–Kier alpha value is -2.93. The highest BCUT2D eigenvalue weighted by atomic mass is 32.1. The highest BCUT2D eigenvalue weighted by molar-refractivity contribution is 7.13. The lowest BCUT2D eigenvalue weighted by atomic mass is 10.1. The second kappa shape index (κ2) is 8.67. The molecule has 31 heavy (non-hydrogen) atoms. The molecule has 0 bridgehead atoms. The minimum absolute atomic E-state index is 0.106. The van der Waals surface area contributed by atoms with Gasteiger partial charge in [-0.1, -0.05) is 18.2 Å². The second-order valence-corrected chi connectivity index (χ2v) is 9.11. The van der Waals surface area contributed by atoms with Crippen LogP contribution in [-0.2, 0) is 0 Å². The number of aryl methyl sites for hydroxylation is 1. The molecule has 0 radical (unpaired) electrons. The van der Waals surface area contributed by atoms with Crippen LogP contribution in [-0.4, -0.2) is 60.0 Å². The van der Waals surface area contributed by atoms with Crippen molar-refractivity contribution in [3.8, 4) is 10.4 Å². The van der Waals surface area contributed by atoms with Crippen molar-refractivity contribution in [3.05, 3.63) is 59.2 Å². The Labute approximate surface area is 187 Å². The van der Waals surface area contributed by atoms with E-state index in [1.54, 1.807) is 11.3 Å². The SMILES string of the molecule is Cc1nc(N2CCCC2)cc(N2CCN(C(=O)c3ccc(-c4cccs4)cc3)CC2)n1. The van der Waals surface area contributed by atoms with E-state index < -0.39 is 0 Å². The van der Waals surface area contributed by atoms with Gasteiger partial charge in [-0.25, -0.2) is 9.97 Å². The summed E-state index contributed by atoms with van der Waals surface area (Å²) in [6, 6.07) is 14.2. The first-order valence-corrected chi connectivity index (χ1v) is 11.8. The maximum Gasteiger partial charge on any atom is 0.253 e. The fourth-order valence-electron chi connectivity index (χ4n) is 4.35. The van der Waals surface area contributed by atoms with Gasteiger partial charge in [0.2, 0.25) is 0 Å². The van der Waals surface area contributed by atoms with Gasteiger partial charge in [0, 0.05) is 55.8 Å². The maximum atomic E-state index is 13.0. The van der Waals surface area contributed by atoms with E-state index in [9.17, 15) is 4.79 Å². The topological polar surface area (TPSA) is 52.6 Å². The molecule has 5 rings (SSSR count). The lowest BCUT2D eigenvalue weighted by Crippen LogP contribution is -2.49. The zero-order valence-corrected chi connectivity index (χ0v) is 18.6. The molecule has 2 saturated heterocycles. The number of nitrogens with zero attached hydrogens (tertiary/aromatic N) is 5. The van der Waals surface area contributed by atoms with Crippen LogP contribution in [0, 0.1) is 6.92 Å². The second-order valence-electron chi connectivity index (χ2n) is 8.16. The molecular formula is C24H27N5OS. The molecule has 6 nitrogen and oxygen atoms in total. The van der Waals surface area contributed by atoms with Gasteiger partial charge in [-0.05, 0) is 48.9 Å². The minimum Gasteiger partial charge on any atom is -0.356 e. The van der Waals surface area contributed by atoms with Crippen LogP contribution in [0.1, 0.15) is 29.0 Å². The van der Waals surface area contributed by atoms with Gasteiger partial charge in [0.05, 0.1) is 0 Å². The molecule has 0 aliphatic carbocycles. The summed E-state index contributed by atoms with van der Waals surface area (Å²) in [6.07, 6.45) is 2.46. The van der Waals surface area contributed by atoms with E-state index in [0.29, 0.717) is 13.1 Å². The Balaban J connectivity index is 1.23. The quantitative estimate of drug-likeness (QED) is 0.621. The summed E-state index contributed by atoms with van der Waals surface area (Å²) >= 11 is 1.71. The Morgan fingerprint density at radius 3 is 2.13 bits per heavy atom. The van der Waals surface area contributed by atoms with Crippen LogP contribution in [0.3, 0.4) is 0 Å². The first-order chi connectivity index (χ1) is 15.2. The summed E-state index contributed by atoms with van der Waals surface area (Å²) in [5.74, 6) is 2.92. The molecule has 2 aromatic heterocycles. The van der Waals surface area contributed by atoms with E-state index in [4.69, 9.17) is 0 Å². The average molecular weight is 434 g/mol. The standard InChI is InChI=1S/C24H27N5OS/c1-18-25-22(27-10-2-3-11-27)17-23(26-18)28-12-14-29(15-13-28)24(30)20-8-6-19(7-9-20)21-5-4-16-31-21/h4-9,16-17H,2-3,10-15H2,1H3. The molecule has 0 spiro atoms. The largest absolute Gasteiger partial charge is 0.356 e. The number of anilines is 2. The van der Waals surface area contributed by atoms with Gasteiger partial charge in [0.25, 0.3) is 5.91 Å². The number of hydrogen-bond acceptors (Lipinski definition) is 6. The van der Waals surface area contributed by atoms with Crippen LogP contribution in [0.15, 0.2) is 47.8 Å². The minimum atomic E-state index is 0.106. The lowest BCUT2D eigenvalue weighted by Gasteiger charge is -2.35. The Bertz CT molecular complexity index is 1040. The summed E-state index contributed by atoms with van der Waals surface area (Å²) in [7, 11) is 0. The molecular weight excluding hydrogens is 406 g/mol. The molecule has 0 unspecified atom stereocenters. The number of amides is 1. The van der Waals surface area contributed by atoms with E-state index in [-0.39, 0.29) is 5.91 Å². The van der Waals surface area contributed by atoms with Gasteiger partial charge in [0.15, 0.2) is 0 Å². The summed E-state index contributed by atoms with van der Waals surface area (Å²) < 4.78 is 0. The van der Waals surface area contributed by atoms with E-state index in [2.05, 4.69) is 37.3 Å². The molecule has 2 aliphatic heterocycles. The van der Waals surface area contributed by atoms with Crippen molar-refractivity contribution in [2.45, 2.75) is 19.8 Å². The normalized spacial score (nSPS) is 16.7. The predicted octanol–water partition coefficient (Wildman–Crippen LogP) is 4.08. The molecule has 3 aromatic rings. The fraction of sp³-hybridized carbons (Fsp3) is 0.375. The Kier molecular flexibility index (Phi) is 5.59. The zero-order valence-electron chi connectivity index (χ0n) is 17.8. The van der Waals surface area contributed by atoms with Crippen LogP contribution in [0.2, 0.25) is 0 Å². The number of carbonyl (C=O) groups is 1. The van der Waals surface area contributed by atoms with Crippen molar-refractivity contribution in [2.75, 3.05) is 49.1 Å². The van der Waals surface area contributed by atoms with E-state index in [1.807, 2.05) is 42.2 Å². The van der Waals surface area contributed by atoms with Crippen molar-refractivity contribution in [2.24, 2.45) is 0 Å². The maximum absolute atomic E-state index is 13.0. The summed E-state index contributed by atoms with van der Waals surface area (Å²) in [6.45, 7) is 7.08. The Morgan fingerprint density at radius 1 is 0.871 bits per heavy atom. The molecule has 2 aliphatic rings. The first-order valence-electron chi connectivity index (χ1n) is 11.0. The molecule has 0 N–H and O–H groups in total. The third-order valence-corrected chi connectivity index (χ3v) is 6.99. The molecule has 1 aromatic carbocycles. The number of rotatable bonds is 4. The van der Waals surface area contributed by atoms with Crippen molar-refractivity contribution in [1.29, 1.82) is 0 Å². The molecule has 2 fully saturated rings. The van der Waals surface area contributed by atoms with Gasteiger partial charge in [-0.3, -0.25) is 4.79 Å². The lowest BCUT2D eigenvalue weighted by molar-refractivity contribution is 0.0746. The summed E-state index contributed by atoms with van der Waals surface area (Å²) in [5.41, 5.74) is 1.91. The Morgan fingerprint density at radius 2 is 1.52 bits per heavy atom. The molecule has 4 heterocycles. The summed E-state index contributed by atoms with van der Waals surface area (Å²) in [5, 5.41) is 2.07. The monoisotopic (exact) mass is 433 g/mol. The molecule has 160 valence electrons.